The highest BCUT2D eigenvalue weighted by atomic mass is 79.9. The summed E-state index contributed by atoms with van der Waals surface area (Å²) in [5.41, 5.74) is 1.03. The number of benzene rings is 2. The van der Waals surface area contributed by atoms with Gasteiger partial charge in [0.05, 0.1) is 0 Å². The Labute approximate surface area is 105 Å². The monoisotopic (exact) mass is 326 g/mol. The van der Waals surface area contributed by atoms with Gasteiger partial charge in [0.2, 0.25) is 0 Å². The van der Waals surface area contributed by atoms with E-state index in [2.05, 4.69) is 37.9 Å². The number of rotatable bonds is 2. The van der Waals surface area contributed by atoms with Gasteiger partial charge in [-0.05, 0) is 44.4 Å². The van der Waals surface area contributed by atoms with E-state index in [1.54, 1.807) is 0 Å². The minimum atomic E-state index is 0.451. The lowest BCUT2D eigenvalue weighted by Crippen LogP contribution is -1.88. The zero-order valence-corrected chi connectivity index (χ0v) is 11.0. The normalized spacial score (nSPS) is 10.5. The van der Waals surface area contributed by atoms with E-state index in [9.17, 15) is 4.79 Å². The lowest BCUT2D eigenvalue weighted by molar-refractivity contribution is -0.107. The lowest BCUT2D eigenvalue weighted by Gasteiger charge is -2.05. The third-order valence-electron chi connectivity index (χ3n) is 2.30. The van der Waals surface area contributed by atoms with Gasteiger partial charge in [0.15, 0.2) is 0 Å². The van der Waals surface area contributed by atoms with Gasteiger partial charge in [-0.2, -0.15) is 0 Å². The summed E-state index contributed by atoms with van der Waals surface area (Å²) in [7, 11) is 0. The third-order valence-corrected chi connectivity index (χ3v) is 3.73. The molecule has 0 saturated heterocycles. The summed E-state index contributed by atoms with van der Waals surface area (Å²) in [5.74, 6) is 0. The van der Waals surface area contributed by atoms with E-state index in [1.807, 2.05) is 24.3 Å². The second-order valence-corrected chi connectivity index (χ2v) is 4.98. The second-order valence-electron chi connectivity index (χ2n) is 3.27. The highest BCUT2D eigenvalue weighted by Crippen LogP contribution is 2.29. The summed E-state index contributed by atoms with van der Waals surface area (Å²) >= 11 is 6.97. The molecule has 0 bridgehead atoms. The fraction of sp³-hybridized carbons (Fsp3) is 0.0833. The maximum atomic E-state index is 10.5. The van der Waals surface area contributed by atoms with Crippen LogP contribution in [0.3, 0.4) is 0 Å². The van der Waals surface area contributed by atoms with E-state index in [-0.39, 0.29) is 0 Å². The Balaban J connectivity index is 2.68. The average molecular weight is 328 g/mol. The van der Waals surface area contributed by atoms with Crippen molar-refractivity contribution in [2.75, 3.05) is 0 Å². The van der Waals surface area contributed by atoms with Crippen molar-refractivity contribution in [3.05, 3.63) is 44.8 Å². The van der Waals surface area contributed by atoms with Gasteiger partial charge in [0.1, 0.15) is 6.29 Å². The van der Waals surface area contributed by atoms with Crippen LogP contribution < -0.4 is 0 Å². The maximum absolute atomic E-state index is 10.5. The highest BCUT2D eigenvalue weighted by molar-refractivity contribution is 9.11. The number of aldehydes is 1. The van der Waals surface area contributed by atoms with E-state index in [0.717, 1.165) is 31.6 Å². The van der Waals surface area contributed by atoms with E-state index < -0.39 is 0 Å². The first-order valence-electron chi connectivity index (χ1n) is 4.52. The standard InChI is InChI=1S/C12H8Br2O/c13-10-3-4-11-9(7-10)2-1-8(5-6-15)12(11)14/h1-4,6-7H,5H2. The van der Waals surface area contributed by atoms with Crippen molar-refractivity contribution in [1.29, 1.82) is 0 Å². The fourth-order valence-corrected chi connectivity index (χ4v) is 2.59. The lowest BCUT2D eigenvalue weighted by atomic mass is 10.1. The molecule has 2 rings (SSSR count). The molecule has 0 amide bonds. The summed E-state index contributed by atoms with van der Waals surface area (Å²) in [6, 6.07) is 10.1. The van der Waals surface area contributed by atoms with Gasteiger partial charge in [-0.3, -0.25) is 0 Å². The Morgan fingerprint density at radius 3 is 2.67 bits per heavy atom. The maximum Gasteiger partial charge on any atom is 0.124 e. The molecule has 2 aromatic carbocycles. The molecule has 0 aromatic heterocycles. The predicted octanol–water partition coefficient (Wildman–Crippen LogP) is 4.11. The molecule has 0 aliphatic rings. The van der Waals surface area contributed by atoms with Crippen molar-refractivity contribution >= 4 is 48.9 Å². The van der Waals surface area contributed by atoms with Crippen LogP contribution >= 0.6 is 31.9 Å². The molecule has 0 fully saturated rings. The number of halogens is 2. The van der Waals surface area contributed by atoms with Gasteiger partial charge < -0.3 is 4.79 Å². The summed E-state index contributed by atoms with van der Waals surface area (Å²) in [5, 5.41) is 2.29. The van der Waals surface area contributed by atoms with Gasteiger partial charge in [0, 0.05) is 15.4 Å². The van der Waals surface area contributed by atoms with Crippen molar-refractivity contribution < 1.29 is 4.79 Å². The zero-order chi connectivity index (χ0) is 10.8. The van der Waals surface area contributed by atoms with Crippen molar-refractivity contribution in [1.82, 2.24) is 0 Å². The molecule has 0 atom stereocenters. The van der Waals surface area contributed by atoms with Crippen LogP contribution in [0.5, 0.6) is 0 Å². The van der Waals surface area contributed by atoms with Crippen LogP contribution in [0, 0.1) is 0 Å². The van der Waals surface area contributed by atoms with Gasteiger partial charge in [0.25, 0.3) is 0 Å². The summed E-state index contributed by atoms with van der Waals surface area (Å²) in [6.45, 7) is 0. The van der Waals surface area contributed by atoms with E-state index >= 15 is 0 Å². The van der Waals surface area contributed by atoms with E-state index in [4.69, 9.17) is 0 Å². The van der Waals surface area contributed by atoms with Crippen molar-refractivity contribution in [2.24, 2.45) is 0 Å². The van der Waals surface area contributed by atoms with Gasteiger partial charge in [-0.25, -0.2) is 0 Å². The molecule has 15 heavy (non-hydrogen) atoms. The summed E-state index contributed by atoms with van der Waals surface area (Å²) in [6.07, 6.45) is 1.37. The Morgan fingerprint density at radius 1 is 1.13 bits per heavy atom. The minimum Gasteiger partial charge on any atom is -0.303 e. The number of carbonyl (C=O) groups is 1. The Bertz CT molecular complexity index is 520. The Hall–Kier alpha value is -0.670. The van der Waals surface area contributed by atoms with Gasteiger partial charge in [-0.1, -0.05) is 34.1 Å². The van der Waals surface area contributed by atoms with Crippen molar-refractivity contribution in [3.8, 4) is 0 Å². The van der Waals surface area contributed by atoms with Gasteiger partial charge >= 0.3 is 0 Å². The van der Waals surface area contributed by atoms with Crippen LogP contribution in [0.15, 0.2) is 39.3 Å². The molecule has 2 aromatic rings. The Kier molecular flexibility index (Phi) is 3.22. The molecule has 0 aliphatic carbocycles. The summed E-state index contributed by atoms with van der Waals surface area (Å²) in [4.78, 5) is 10.5. The van der Waals surface area contributed by atoms with Gasteiger partial charge in [-0.15, -0.1) is 0 Å². The first-order valence-corrected chi connectivity index (χ1v) is 6.11. The zero-order valence-electron chi connectivity index (χ0n) is 7.84. The number of hydrogen-bond acceptors (Lipinski definition) is 1. The van der Waals surface area contributed by atoms with Crippen LogP contribution in [0.2, 0.25) is 0 Å². The average Bonchev–Trinajstić information content (AvgIpc) is 2.22. The fourth-order valence-electron chi connectivity index (χ4n) is 1.56. The first kappa shape index (κ1) is 10.8. The van der Waals surface area contributed by atoms with Crippen LogP contribution in [-0.2, 0) is 11.2 Å². The minimum absolute atomic E-state index is 0.451. The molecule has 0 saturated carbocycles. The topological polar surface area (TPSA) is 17.1 Å². The molecule has 1 nitrogen and oxygen atoms in total. The molecule has 3 heteroatoms. The molecular formula is C12H8Br2O. The quantitative estimate of drug-likeness (QED) is 0.759. The largest absolute Gasteiger partial charge is 0.303 e. The molecule has 0 spiro atoms. The molecule has 0 radical (unpaired) electrons. The van der Waals surface area contributed by atoms with Crippen LogP contribution in [-0.4, -0.2) is 6.29 Å². The number of fused-ring (bicyclic) bond motifs is 1. The van der Waals surface area contributed by atoms with Crippen molar-refractivity contribution in [3.63, 3.8) is 0 Å². The highest BCUT2D eigenvalue weighted by Gasteiger charge is 2.04. The summed E-state index contributed by atoms with van der Waals surface area (Å²) < 4.78 is 2.07. The molecule has 0 unspecified atom stereocenters. The third kappa shape index (κ3) is 2.13. The molecule has 76 valence electrons. The molecular weight excluding hydrogens is 320 g/mol. The number of carbonyl (C=O) groups excluding carboxylic acids is 1. The first-order chi connectivity index (χ1) is 7.22. The molecule has 0 N–H and O–H groups in total. The SMILES string of the molecule is O=CCc1ccc2cc(Br)ccc2c1Br. The Morgan fingerprint density at radius 2 is 1.93 bits per heavy atom. The van der Waals surface area contributed by atoms with E-state index in [0.29, 0.717) is 6.42 Å². The predicted molar refractivity (Wildman–Crippen MR) is 69.1 cm³/mol. The van der Waals surface area contributed by atoms with Crippen LogP contribution in [0.1, 0.15) is 5.56 Å². The number of hydrogen-bond donors (Lipinski definition) is 0. The smallest absolute Gasteiger partial charge is 0.124 e. The second kappa shape index (κ2) is 4.45. The van der Waals surface area contributed by atoms with E-state index in [1.165, 1.54) is 0 Å². The molecule has 0 aliphatic heterocycles. The van der Waals surface area contributed by atoms with Crippen LogP contribution in [0.25, 0.3) is 10.8 Å². The van der Waals surface area contributed by atoms with Crippen molar-refractivity contribution in [2.45, 2.75) is 6.42 Å². The molecule has 0 heterocycles. The van der Waals surface area contributed by atoms with Crippen LogP contribution in [0.4, 0.5) is 0 Å².